The maximum Gasteiger partial charge on any atom is 0.409 e. The fraction of sp³-hybridized carbons (Fsp3) is 0.699. The number of aliphatic hydroxyl groups excluding tert-OH is 7. The number of nitrogens with zero attached hydrogens (tertiary/aromatic N) is 4. The summed E-state index contributed by atoms with van der Waals surface area (Å²) in [7, 11) is 1.41. The lowest BCUT2D eigenvalue weighted by molar-refractivity contribution is -0.346. The summed E-state index contributed by atoms with van der Waals surface area (Å²) in [4.78, 5) is 159. The molecule has 18 atom stereocenters. The third kappa shape index (κ3) is 28.1. The van der Waals surface area contributed by atoms with Gasteiger partial charge in [-0.1, -0.05) is 97.3 Å². The molecule has 4 aliphatic heterocycles. The molecule has 5 heterocycles. The van der Waals surface area contributed by atoms with Crippen LogP contribution in [-0.4, -0.2) is 264 Å². The van der Waals surface area contributed by atoms with Gasteiger partial charge in [0.15, 0.2) is 18.8 Å². The second-order valence-corrected chi connectivity index (χ2v) is 28.8. The number of allylic oxidation sites excluding steroid dienone is 1. The molecule has 1 aromatic carbocycles. The standard InChI is InChI=1S/C73H114N12O25/c1-8-83(37-36-82(7)72(103)105-39-44-26-28-45(29-27-44)77-65(99)46(23-21-33-75-70(74)101)78-66(100)55(42(4)5)79-50(88)25-19-16-20-34-84-53(91)30-31-54(84)92)73(104)106-40-49-59(94)60(95)56(76-43(6)86)68(108-49)110-69-57(80-51(89)24-18-15-13-11-9-10-12-14-17-22-41(2)3)61(96)58(93)48(107-69)38-47(87)64-62(97)63(98)67(109-64)85-35-32-52(90)81-71(85)102/h18,24,26-29,32,35,41-42,46-49,55-64,67-69,87,93-98H,8-17,19-23,25,30-31,33-34,36-40H2,1-7H3,(H,76,86)(H,77,99)(H,78,100)(H,79,88)(H,80,89)(H3,74,75,101)(H,81,90,102)/b24-18-/t46?,47-,48-,49-,55?,56-,57-,58+,59-,60-,61-,62+,63-,64-,67-,68-,69?/m1/s1/i30T/t30?,46?,47-,48-,49-,55?,56-,57-,58+,59-,60-,61-,62+,63-,64-,67-,68-,69?. The Morgan fingerprint density at radius 3 is 2.00 bits per heavy atom. The van der Waals surface area contributed by atoms with Gasteiger partial charge in [-0.15, -0.1) is 0 Å². The molecule has 0 bridgehead atoms. The van der Waals surface area contributed by atoms with E-state index >= 15 is 0 Å². The summed E-state index contributed by atoms with van der Waals surface area (Å²) in [5, 5.41) is 95.7. The number of imide groups is 1. The van der Waals surface area contributed by atoms with E-state index < -0.39 is 200 Å². The molecule has 0 aliphatic carbocycles. The van der Waals surface area contributed by atoms with Gasteiger partial charge in [0.05, 0.1) is 12.2 Å². The molecule has 6 rings (SSSR count). The van der Waals surface area contributed by atoms with E-state index in [0.29, 0.717) is 42.9 Å². The highest BCUT2D eigenvalue weighted by Crippen LogP contribution is 2.35. The number of rotatable bonds is 43. The van der Waals surface area contributed by atoms with Crippen LogP contribution in [0.4, 0.5) is 20.1 Å². The van der Waals surface area contributed by atoms with Crippen LogP contribution in [0.25, 0.3) is 0 Å². The Bertz CT molecular complexity index is 3540. The van der Waals surface area contributed by atoms with E-state index in [1.165, 1.54) is 47.9 Å². The molecule has 11 amide bonds. The van der Waals surface area contributed by atoms with Crippen LogP contribution in [0.2, 0.25) is 0 Å². The average Bonchev–Trinajstić information content (AvgIpc) is 1.75. The molecule has 1 aromatic heterocycles. The van der Waals surface area contributed by atoms with Crippen molar-refractivity contribution < 1.29 is 113 Å². The number of hydrogen-bond donors (Lipinski definition) is 15. The first-order valence-electron chi connectivity index (χ1n) is 38.3. The molecule has 0 spiro atoms. The molecule has 2 aromatic rings. The van der Waals surface area contributed by atoms with Gasteiger partial charge in [0.2, 0.25) is 41.4 Å². The van der Waals surface area contributed by atoms with Crippen LogP contribution < -0.4 is 48.9 Å². The minimum atomic E-state index is -1.99. The molecule has 4 aliphatic rings. The number of benzene rings is 1. The SMILES string of the molecule is [3H]C1CC(=O)N(CCCCCC(=O)NC(C(=O)NC(CCCNC(N)=O)C(=O)Nc2ccc(COC(=O)N(C)CCN(CC)C(=O)OC[C@H]3O[C@H](OC4O[C@H](C[C@@H](O)[C@H]5O[C@@H](n6ccc(=O)[nH]c6=O)[C@H](O)[C@@H]5O)[C@H](O)[C@H](O)[C@H]4NC(=O)/C=C\CCCCCCCCCC(C)C)[C@H](NC(C)=O)[C@@H](O)[C@@H]3O)cc2)C(C)C)C1=O. The lowest BCUT2D eigenvalue weighted by atomic mass is 9.91. The van der Waals surface area contributed by atoms with E-state index in [1.54, 1.807) is 39.0 Å². The fourth-order valence-corrected chi connectivity index (χ4v) is 12.9. The van der Waals surface area contributed by atoms with Gasteiger partial charge in [-0.2, -0.15) is 0 Å². The van der Waals surface area contributed by atoms with Crippen molar-refractivity contribution in [3.63, 3.8) is 0 Å². The molecule has 0 saturated carbocycles. The number of hydrogen-bond acceptors (Lipinski definition) is 25. The molecular formula is C73H114N12O25. The van der Waals surface area contributed by atoms with Crippen molar-refractivity contribution in [2.75, 3.05) is 51.7 Å². The number of aromatic nitrogens is 2. The summed E-state index contributed by atoms with van der Waals surface area (Å²) in [5.41, 5.74) is 4.23. The van der Waals surface area contributed by atoms with E-state index in [0.717, 1.165) is 67.2 Å². The van der Waals surface area contributed by atoms with Gasteiger partial charge in [-0.25, -0.2) is 19.2 Å². The van der Waals surface area contributed by atoms with Crippen LogP contribution in [0, 0.1) is 11.8 Å². The zero-order valence-electron chi connectivity index (χ0n) is 64.5. The summed E-state index contributed by atoms with van der Waals surface area (Å²) in [5.74, 6) is -3.95. The third-order valence-electron chi connectivity index (χ3n) is 19.3. The molecule has 4 fully saturated rings. The van der Waals surface area contributed by atoms with Gasteiger partial charge in [-0.3, -0.25) is 52.8 Å². The second kappa shape index (κ2) is 45.1. The maximum absolute atomic E-state index is 13.8. The zero-order valence-corrected chi connectivity index (χ0v) is 63.5. The van der Waals surface area contributed by atoms with Crippen LogP contribution in [0.1, 0.15) is 170 Å². The predicted octanol–water partition coefficient (Wildman–Crippen LogP) is -0.0215. The Morgan fingerprint density at radius 1 is 0.727 bits per heavy atom. The second-order valence-electron chi connectivity index (χ2n) is 28.8. The number of carbonyl (C=O) groups is 10. The van der Waals surface area contributed by atoms with Crippen molar-refractivity contribution in [1.29, 1.82) is 0 Å². The number of nitrogens with one attached hydrogen (secondary N) is 7. The van der Waals surface area contributed by atoms with Crippen LogP contribution in [0.3, 0.4) is 0 Å². The monoisotopic (exact) mass is 1560 g/mol. The van der Waals surface area contributed by atoms with Crippen LogP contribution in [-0.2, 0) is 68.6 Å². The van der Waals surface area contributed by atoms with Crippen molar-refractivity contribution in [2.24, 2.45) is 17.6 Å². The molecule has 37 heteroatoms. The summed E-state index contributed by atoms with van der Waals surface area (Å²) in [6.45, 7) is 9.50. The zero-order chi connectivity index (χ0) is 81.8. The summed E-state index contributed by atoms with van der Waals surface area (Å²) in [6.07, 6.45) is -13.1. The van der Waals surface area contributed by atoms with Gasteiger partial charge in [0.25, 0.3) is 5.56 Å². The summed E-state index contributed by atoms with van der Waals surface area (Å²) < 4.78 is 43.8. The minimum absolute atomic E-state index is 0.0227. The number of likely N-dealkylation sites (N-methyl/N-ethyl adjacent to an activating group) is 2. The van der Waals surface area contributed by atoms with Crippen molar-refractivity contribution in [3.05, 3.63) is 75.1 Å². The van der Waals surface area contributed by atoms with Gasteiger partial charge < -0.3 is 112 Å². The quantitative estimate of drug-likeness (QED) is 0.0236. The van der Waals surface area contributed by atoms with Crippen LogP contribution >= 0.6 is 0 Å². The number of carbonyl (C=O) groups excluding carboxylic acids is 10. The number of unbranched alkanes of at least 4 members (excludes halogenated alkanes) is 9. The Kier molecular flexibility index (Phi) is 36.4. The van der Waals surface area contributed by atoms with Gasteiger partial charge in [-0.05, 0) is 81.1 Å². The highest BCUT2D eigenvalue weighted by molar-refractivity contribution is 6.02. The van der Waals surface area contributed by atoms with Crippen molar-refractivity contribution in [3.8, 4) is 0 Å². The molecular weight excluding hydrogens is 1440 g/mol. The lowest BCUT2D eigenvalue weighted by Gasteiger charge is -2.47. The number of urea groups is 1. The van der Waals surface area contributed by atoms with Crippen LogP contribution in [0.5, 0.6) is 0 Å². The van der Waals surface area contributed by atoms with Crippen LogP contribution in [0.15, 0.2) is 58.3 Å². The Morgan fingerprint density at radius 2 is 1.37 bits per heavy atom. The number of likely N-dealkylation sites (tertiary alicyclic amines) is 1. The number of H-pyrrole nitrogens is 1. The number of nitrogens with two attached hydrogens (primary N) is 1. The first-order valence-corrected chi connectivity index (χ1v) is 37.7. The molecule has 616 valence electrons. The smallest absolute Gasteiger partial charge is 0.409 e. The average molecular weight is 1560 g/mol. The molecule has 0 radical (unpaired) electrons. The van der Waals surface area contributed by atoms with E-state index in [4.69, 9.17) is 35.5 Å². The highest BCUT2D eigenvalue weighted by atomic mass is 16.8. The minimum Gasteiger partial charge on any atom is -0.447 e. The first kappa shape index (κ1) is 88.7. The number of anilines is 1. The molecule has 4 saturated heterocycles. The fourth-order valence-electron chi connectivity index (χ4n) is 12.9. The number of primary amides is 1. The van der Waals surface area contributed by atoms with Gasteiger partial charge >= 0.3 is 23.9 Å². The maximum atomic E-state index is 13.8. The van der Waals surface area contributed by atoms with Crippen molar-refractivity contribution in [2.45, 2.75) is 268 Å². The highest BCUT2D eigenvalue weighted by Gasteiger charge is 2.54. The largest absolute Gasteiger partial charge is 0.447 e. The van der Waals surface area contributed by atoms with Crippen molar-refractivity contribution >= 4 is 65.3 Å². The molecule has 16 N–H and O–H groups in total. The number of ether oxygens (including phenoxy) is 6. The first-order chi connectivity index (χ1) is 52.7. The van der Waals surface area contributed by atoms with Gasteiger partial charge in [0, 0.05) is 91.7 Å². The van der Waals surface area contributed by atoms with E-state index in [1.807, 2.05) is 4.98 Å². The van der Waals surface area contributed by atoms with E-state index in [2.05, 4.69) is 45.7 Å². The van der Waals surface area contributed by atoms with E-state index in [9.17, 15) is 93.3 Å². The predicted molar refractivity (Wildman–Crippen MR) is 392 cm³/mol. The Labute approximate surface area is 639 Å². The molecule has 4 unspecified atom stereocenters. The number of amides is 11. The lowest BCUT2D eigenvalue weighted by Crippen LogP contribution is -2.69. The topological polar surface area (TPSA) is 530 Å². The summed E-state index contributed by atoms with van der Waals surface area (Å²) in [6, 6.07) is 0.809. The number of aromatic amines is 1. The normalized spacial score (nSPS) is 25.7. The number of aliphatic hydroxyl groups is 7. The van der Waals surface area contributed by atoms with E-state index in [-0.39, 0.29) is 65.0 Å². The van der Waals surface area contributed by atoms with Crippen molar-refractivity contribution in [1.82, 2.24) is 50.8 Å². The molecule has 110 heavy (non-hydrogen) atoms. The Balaban J connectivity index is 1.04. The van der Waals surface area contributed by atoms with Gasteiger partial charge in [0.1, 0.15) is 86.2 Å². The Hall–Kier alpha value is -8.50. The third-order valence-corrected chi connectivity index (χ3v) is 19.3. The summed E-state index contributed by atoms with van der Waals surface area (Å²) >= 11 is 0. The molecule has 37 nitrogen and oxygen atoms in total.